The van der Waals surface area contributed by atoms with Gasteiger partial charge in [0.15, 0.2) is 0 Å². The fourth-order valence-corrected chi connectivity index (χ4v) is 0.843. The molecule has 86 valence electrons. The first-order valence-corrected chi connectivity index (χ1v) is 5.06. The van der Waals surface area contributed by atoms with Crippen LogP contribution in [0.1, 0.15) is 27.2 Å². The van der Waals surface area contributed by atoms with Crippen molar-refractivity contribution in [3.05, 3.63) is 11.8 Å². The van der Waals surface area contributed by atoms with E-state index in [4.69, 9.17) is 9.47 Å². The first kappa shape index (κ1) is 13.9. The highest BCUT2D eigenvalue weighted by Crippen LogP contribution is 1.96. The van der Waals surface area contributed by atoms with Crippen LogP contribution in [0.25, 0.3) is 0 Å². The highest BCUT2D eigenvalue weighted by atomic mass is 16.5. The summed E-state index contributed by atoms with van der Waals surface area (Å²) in [6, 6.07) is -0.0128. The summed E-state index contributed by atoms with van der Waals surface area (Å²) >= 11 is 0. The molecular formula is C11H19NO3. The smallest absolute Gasteiger partial charge is 0.235 e. The molecule has 4 nitrogen and oxygen atoms in total. The Morgan fingerprint density at radius 3 is 2.73 bits per heavy atom. The number of carbonyl (C=O) groups excluding carboxylic acids is 1. The number of nitrogens with zero attached hydrogens (tertiary/aromatic N) is 1. The third kappa shape index (κ3) is 10.8. The second kappa shape index (κ2) is 9.44. The summed E-state index contributed by atoms with van der Waals surface area (Å²) in [4.78, 5) is 13.4. The number of hydrogen-bond acceptors (Lipinski definition) is 4. The van der Waals surface area contributed by atoms with Gasteiger partial charge in [0.05, 0.1) is 18.9 Å². The predicted octanol–water partition coefficient (Wildman–Crippen LogP) is 2.06. The molecule has 0 aromatic carbocycles. The van der Waals surface area contributed by atoms with Crippen molar-refractivity contribution < 1.29 is 14.3 Å². The van der Waals surface area contributed by atoms with Gasteiger partial charge in [0, 0.05) is 6.61 Å². The van der Waals surface area contributed by atoms with Gasteiger partial charge in [-0.25, -0.2) is 9.79 Å². The summed E-state index contributed by atoms with van der Waals surface area (Å²) in [7, 11) is 0. The van der Waals surface area contributed by atoms with Gasteiger partial charge >= 0.3 is 0 Å². The zero-order valence-electron chi connectivity index (χ0n) is 9.66. The molecule has 0 aromatic rings. The average Bonchev–Trinajstić information content (AvgIpc) is 2.16. The molecule has 1 atom stereocenters. The van der Waals surface area contributed by atoms with Gasteiger partial charge in [-0.15, -0.1) is 0 Å². The second-order valence-corrected chi connectivity index (χ2v) is 3.54. The largest absolute Gasteiger partial charge is 0.499 e. The lowest BCUT2D eigenvalue weighted by Crippen LogP contribution is -2.07. The van der Waals surface area contributed by atoms with Crippen LogP contribution in [0.15, 0.2) is 16.8 Å². The SMILES string of the molecule is CC(C)=COCCOCCC(C)N=C=O. The van der Waals surface area contributed by atoms with Crippen LogP contribution >= 0.6 is 0 Å². The zero-order chi connectivity index (χ0) is 11.5. The molecule has 0 saturated carbocycles. The molecule has 0 heterocycles. The Balaban J connectivity index is 3.25. The topological polar surface area (TPSA) is 47.9 Å². The van der Waals surface area contributed by atoms with E-state index in [1.165, 1.54) is 6.08 Å². The van der Waals surface area contributed by atoms with Crippen molar-refractivity contribution in [3.8, 4) is 0 Å². The van der Waals surface area contributed by atoms with Crippen molar-refractivity contribution in [1.82, 2.24) is 0 Å². The van der Waals surface area contributed by atoms with E-state index in [1.54, 1.807) is 6.26 Å². The Bertz CT molecular complexity index is 228. The van der Waals surface area contributed by atoms with Gasteiger partial charge < -0.3 is 9.47 Å². The molecule has 0 amide bonds. The van der Waals surface area contributed by atoms with Gasteiger partial charge in [-0.2, -0.15) is 0 Å². The van der Waals surface area contributed by atoms with Crippen LogP contribution in [0, 0.1) is 0 Å². The Morgan fingerprint density at radius 2 is 2.13 bits per heavy atom. The molecule has 15 heavy (non-hydrogen) atoms. The highest BCUT2D eigenvalue weighted by Gasteiger charge is 1.97. The van der Waals surface area contributed by atoms with E-state index in [0.29, 0.717) is 19.8 Å². The van der Waals surface area contributed by atoms with Crippen molar-refractivity contribution in [2.45, 2.75) is 33.2 Å². The van der Waals surface area contributed by atoms with Crippen LogP contribution in [-0.4, -0.2) is 31.9 Å². The Labute approximate surface area is 91.0 Å². The minimum absolute atomic E-state index is 0.0128. The number of aliphatic imine (C=N–C) groups is 1. The van der Waals surface area contributed by atoms with Crippen LogP contribution in [0.4, 0.5) is 0 Å². The lowest BCUT2D eigenvalue weighted by atomic mass is 10.3. The molecule has 0 aliphatic carbocycles. The van der Waals surface area contributed by atoms with E-state index >= 15 is 0 Å². The molecule has 0 aliphatic heterocycles. The molecule has 4 heteroatoms. The fourth-order valence-electron chi connectivity index (χ4n) is 0.843. The summed E-state index contributed by atoms with van der Waals surface area (Å²) in [5.41, 5.74) is 1.13. The maximum atomic E-state index is 9.89. The van der Waals surface area contributed by atoms with Crippen LogP contribution in [0.5, 0.6) is 0 Å². The first-order valence-electron chi connectivity index (χ1n) is 5.06. The molecule has 0 saturated heterocycles. The number of isocyanates is 1. The monoisotopic (exact) mass is 213 g/mol. The van der Waals surface area contributed by atoms with Gasteiger partial charge in [-0.1, -0.05) is 0 Å². The summed E-state index contributed by atoms with van der Waals surface area (Å²) in [6.45, 7) is 7.50. The third-order valence-electron chi connectivity index (χ3n) is 1.62. The molecule has 0 spiro atoms. The van der Waals surface area contributed by atoms with Crippen molar-refractivity contribution in [3.63, 3.8) is 0 Å². The lowest BCUT2D eigenvalue weighted by molar-refractivity contribution is 0.0810. The Morgan fingerprint density at radius 1 is 1.40 bits per heavy atom. The van der Waals surface area contributed by atoms with Crippen molar-refractivity contribution in [1.29, 1.82) is 0 Å². The maximum absolute atomic E-state index is 9.89. The van der Waals surface area contributed by atoms with Crippen LogP contribution in [-0.2, 0) is 14.3 Å². The second-order valence-electron chi connectivity index (χ2n) is 3.54. The van der Waals surface area contributed by atoms with Gasteiger partial charge in [-0.05, 0) is 32.8 Å². The van der Waals surface area contributed by atoms with Crippen molar-refractivity contribution in [2.75, 3.05) is 19.8 Å². The minimum atomic E-state index is -0.0128. The first-order chi connectivity index (χ1) is 7.16. The van der Waals surface area contributed by atoms with Crippen LogP contribution < -0.4 is 0 Å². The van der Waals surface area contributed by atoms with Crippen molar-refractivity contribution in [2.24, 2.45) is 4.99 Å². The quantitative estimate of drug-likeness (QED) is 0.268. The Hall–Kier alpha value is -1.12. The number of allylic oxidation sites excluding steroid dienone is 1. The van der Waals surface area contributed by atoms with E-state index in [2.05, 4.69) is 4.99 Å². The van der Waals surface area contributed by atoms with Crippen LogP contribution in [0.2, 0.25) is 0 Å². The van der Waals surface area contributed by atoms with Crippen LogP contribution in [0.3, 0.4) is 0 Å². The maximum Gasteiger partial charge on any atom is 0.235 e. The average molecular weight is 213 g/mol. The van der Waals surface area contributed by atoms with E-state index in [-0.39, 0.29) is 6.04 Å². The summed E-state index contributed by atoms with van der Waals surface area (Å²) in [5.74, 6) is 0. The molecular weight excluding hydrogens is 194 g/mol. The van der Waals surface area contributed by atoms with E-state index < -0.39 is 0 Å². The number of hydrogen-bond donors (Lipinski definition) is 0. The number of rotatable bonds is 8. The molecule has 0 rings (SSSR count). The molecule has 0 radical (unpaired) electrons. The Kier molecular flexibility index (Phi) is 8.73. The van der Waals surface area contributed by atoms with E-state index in [9.17, 15) is 4.79 Å². The predicted molar refractivity (Wildman–Crippen MR) is 58.4 cm³/mol. The molecule has 0 aromatic heterocycles. The molecule has 0 bridgehead atoms. The normalized spacial score (nSPS) is 11.4. The van der Waals surface area contributed by atoms with Gasteiger partial charge in [0.2, 0.25) is 6.08 Å². The van der Waals surface area contributed by atoms with Gasteiger partial charge in [0.25, 0.3) is 0 Å². The number of ether oxygens (including phenoxy) is 2. The fraction of sp³-hybridized carbons (Fsp3) is 0.727. The van der Waals surface area contributed by atoms with Gasteiger partial charge in [-0.3, -0.25) is 0 Å². The highest BCUT2D eigenvalue weighted by molar-refractivity contribution is 5.33. The van der Waals surface area contributed by atoms with E-state index in [0.717, 1.165) is 12.0 Å². The molecule has 0 fully saturated rings. The molecule has 0 aliphatic rings. The van der Waals surface area contributed by atoms with Gasteiger partial charge in [0.1, 0.15) is 6.61 Å². The standard InChI is InChI=1S/C11H19NO3/c1-10(2)8-15-7-6-14-5-4-11(3)12-9-13/h8,11H,4-7H2,1-3H3. The van der Waals surface area contributed by atoms with Crippen molar-refractivity contribution >= 4 is 6.08 Å². The molecule has 0 N–H and O–H groups in total. The summed E-state index contributed by atoms with van der Waals surface area (Å²) < 4.78 is 10.5. The zero-order valence-corrected chi connectivity index (χ0v) is 9.66. The summed E-state index contributed by atoms with van der Waals surface area (Å²) in [5, 5.41) is 0. The lowest BCUT2D eigenvalue weighted by Gasteiger charge is -2.05. The third-order valence-corrected chi connectivity index (χ3v) is 1.62. The molecule has 1 unspecified atom stereocenters. The van der Waals surface area contributed by atoms with E-state index in [1.807, 2.05) is 20.8 Å². The minimum Gasteiger partial charge on any atom is -0.499 e. The summed E-state index contributed by atoms with van der Waals surface area (Å²) in [6.07, 6.45) is 3.97.